The van der Waals surface area contributed by atoms with E-state index in [-0.39, 0.29) is 0 Å². The lowest BCUT2D eigenvalue weighted by Crippen LogP contribution is -2.28. The van der Waals surface area contributed by atoms with E-state index in [9.17, 15) is 0 Å². The highest BCUT2D eigenvalue weighted by molar-refractivity contribution is 4.83. The predicted molar refractivity (Wildman–Crippen MR) is 83.6 cm³/mol. The van der Waals surface area contributed by atoms with Crippen LogP contribution in [0.2, 0.25) is 0 Å². The lowest BCUT2D eigenvalue weighted by atomic mass is 10.2. The first kappa shape index (κ1) is 17.1. The van der Waals surface area contributed by atoms with Crippen LogP contribution in [-0.4, -0.2) is 45.8 Å². The molecule has 1 aromatic rings. The molecule has 0 saturated heterocycles. The molecule has 0 unspecified atom stereocenters. The summed E-state index contributed by atoms with van der Waals surface area (Å²) in [5, 5.41) is 7.74. The maximum absolute atomic E-state index is 4.32. The topological polar surface area (TPSA) is 46.0 Å². The molecule has 20 heavy (non-hydrogen) atoms. The molecule has 1 N–H and O–H groups in total. The van der Waals surface area contributed by atoms with Crippen LogP contribution in [0, 0.1) is 5.92 Å². The van der Waals surface area contributed by atoms with Crippen molar-refractivity contribution in [2.24, 2.45) is 5.92 Å². The van der Waals surface area contributed by atoms with Crippen LogP contribution in [0.15, 0.2) is 6.33 Å². The largest absolute Gasteiger partial charge is 0.310 e. The molecule has 1 aromatic heterocycles. The highest BCUT2D eigenvalue weighted by Crippen LogP contribution is 2.01. The fourth-order valence-corrected chi connectivity index (χ4v) is 1.99. The predicted octanol–water partition coefficient (Wildman–Crippen LogP) is 2.14. The van der Waals surface area contributed by atoms with Crippen LogP contribution in [0.3, 0.4) is 0 Å². The zero-order valence-electron chi connectivity index (χ0n) is 13.8. The summed E-state index contributed by atoms with van der Waals surface area (Å²) in [4.78, 5) is 6.71. The summed E-state index contributed by atoms with van der Waals surface area (Å²) >= 11 is 0. The van der Waals surface area contributed by atoms with E-state index in [0.717, 1.165) is 25.5 Å². The van der Waals surface area contributed by atoms with Gasteiger partial charge < -0.3 is 10.2 Å². The summed E-state index contributed by atoms with van der Waals surface area (Å²) in [5.74, 6) is 1.64. The van der Waals surface area contributed by atoms with Gasteiger partial charge in [0, 0.05) is 12.6 Å². The molecule has 5 nitrogen and oxygen atoms in total. The summed E-state index contributed by atoms with van der Waals surface area (Å²) in [6, 6.07) is 0.637. The Hall–Kier alpha value is -0.940. The third-order valence-corrected chi connectivity index (χ3v) is 3.51. The van der Waals surface area contributed by atoms with Crippen molar-refractivity contribution >= 4 is 0 Å². The molecule has 0 saturated carbocycles. The normalized spacial score (nSPS) is 12.0. The Morgan fingerprint density at radius 3 is 2.65 bits per heavy atom. The van der Waals surface area contributed by atoms with E-state index >= 15 is 0 Å². The van der Waals surface area contributed by atoms with E-state index in [4.69, 9.17) is 0 Å². The number of hydrogen-bond acceptors (Lipinski definition) is 4. The summed E-state index contributed by atoms with van der Waals surface area (Å²) < 4.78 is 2.00. The molecule has 5 heteroatoms. The highest BCUT2D eigenvalue weighted by atomic mass is 15.3. The van der Waals surface area contributed by atoms with Gasteiger partial charge in [0.25, 0.3) is 0 Å². The average Bonchev–Trinajstić information content (AvgIpc) is 2.79. The van der Waals surface area contributed by atoms with Crippen molar-refractivity contribution < 1.29 is 0 Å². The fourth-order valence-electron chi connectivity index (χ4n) is 1.99. The van der Waals surface area contributed by atoms with Gasteiger partial charge in [-0.1, -0.05) is 13.8 Å². The Kier molecular flexibility index (Phi) is 7.77. The molecule has 0 fully saturated rings. The van der Waals surface area contributed by atoms with E-state index in [1.54, 1.807) is 6.33 Å². The Bertz CT molecular complexity index is 359. The number of rotatable bonds is 10. The second-order valence-electron chi connectivity index (χ2n) is 6.21. The second-order valence-corrected chi connectivity index (χ2v) is 6.21. The number of nitrogens with zero attached hydrogens (tertiary/aromatic N) is 4. The molecule has 0 aliphatic heterocycles. The van der Waals surface area contributed by atoms with Gasteiger partial charge in [-0.3, -0.25) is 0 Å². The van der Waals surface area contributed by atoms with Crippen molar-refractivity contribution in [3.63, 3.8) is 0 Å². The summed E-state index contributed by atoms with van der Waals surface area (Å²) in [7, 11) is 2.19. The first-order chi connectivity index (χ1) is 9.50. The second kappa shape index (κ2) is 9.08. The summed E-state index contributed by atoms with van der Waals surface area (Å²) in [6.45, 7) is 12.8. The molecule has 0 bridgehead atoms. The average molecular weight is 281 g/mol. The zero-order chi connectivity index (χ0) is 15.0. The van der Waals surface area contributed by atoms with Crippen LogP contribution in [0.5, 0.6) is 0 Å². The molecule has 1 rings (SSSR count). The van der Waals surface area contributed by atoms with Crippen LogP contribution in [0.4, 0.5) is 0 Å². The molecule has 0 aliphatic carbocycles. The van der Waals surface area contributed by atoms with Gasteiger partial charge >= 0.3 is 0 Å². The molecule has 1 heterocycles. The maximum atomic E-state index is 4.32. The van der Waals surface area contributed by atoms with Gasteiger partial charge in [-0.25, -0.2) is 9.67 Å². The molecule has 0 aromatic carbocycles. The number of hydrogen-bond donors (Lipinski definition) is 1. The molecule has 0 aliphatic rings. The maximum Gasteiger partial charge on any atom is 0.140 e. The lowest BCUT2D eigenvalue weighted by Gasteiger charge is -2.20. The third-order valence-electron chi connectivity index (χ3n) is 3.51. The van der Waals surface area contributed by atoms with Gasteiger partial charge in [-0.2, -0.15) is 5.10 Å². The van der Waals surface area contributed by atoms with E-state index < -0.39 is 0 Å². The SMILES string of the molecule is CC(C)Cn1ncnc1CNCCCCN(C)C(C)C. The van der Waals surface area contributed by atoms with Crippen molar-refractivity contribution in [2.75, 3.05) is 20.1 Å². The molecule has 0 spiro atoms. The van der Waals surface area contributed by atoms with Crippen LogP contribution in [-0.2, 0) is 13.1 Å². The number of unbranched alkanes of at least 4 members (excludes halogenated alkanes) is 1. The quantitative estimate of drug-likeness (QED) is 0.668. The van der Waals surface area contributed by atoms with Crippen LogP contribution >= 0.6 is 0 Å². The van der Waals surface area contributed by atoms with Gasteiger partial charge in [0.15, 0.2) is 0 Å². The molecular formula is C15H31N5. The van der Waals surface area contributed by atoms with Crippen LogP contribution < -0.4 is 5.32 Å². The van der Waals surface area contributed by atoms with Gasteiger partial charge in [0.1, 0.15) is 12.2 Å². The number of aromatic nitrogens is 3. The minimum atomic E-state index is 0.599. The van der Waals surface area contributed by atoms with Gasteiger partial charge in [-0.15, -0.1) is 0 Å². The van der Waals surface area contributed by atoms with Crippen molar-refractivity contribution in [1.82, 2.24) is 25.0 Å². The first-order valence-electron chi connectivity index (χ1n) is 7.78. The standard InChI is InChI=1S/C15H31N5/c1-13(2)11-20-15(17-12-18-20)10-16-8-6-7-9-19(5)14(3)4/h12-14,16H,6-11H2,1-5H3. The third kappa shape index (κ3) is 6.48. The van der Waals surface area contributed by atoms with Crippen LogP contribution in [0.1, 0.15) is 46.4 Å². The Balaban J connectivity index is 2.14. The molecule has 0 atom stereocenters. The zero-order valence-corrected chi connectivity index (χ0v) is 13.8. The minimum absolute atomic E-state index is 0.599. The van der Waals surface area contributed by atoms with E-state index in [2.05, 4.69) is 55.0 Å². The highest BCUT2D eigenvalue weighted by Gasteiger charge is 2.05. The smallest absolute Gasteiger partial charge is 0.140 e. The van der Waals surface area contributed by atoms with Gasteiger partial charge in [-0.05, 0) is 52.7 Å². The molecule has 0 radical (unpaired) electrons. The van der Waals surface area contributed by atoms with Crippen molar-refractivity contribution in [3.8, 4) is 0 Å². The molecule has 0 amide bonds. The van der Waals surface area contributed by atoms with E-state index in [1.165, 1.54) is 19.4 Å². The van der Waals surface area contributed by atoms with Crippen molar-refractivity contribution in [2.45, 2.75) is 59.7 Å². The van der Waals surface area contributed by atoms with E-state index in [0.29, 0.717) is 12.0 Å². The summed E-state index contributed by atoms with van der Waals surface area (Å²) in [5.41, 5.74) is 0. The Labute approximate surface area is 123 Å². The minimum Gasteiger partial charge on any atom is -0.310 e. The Morgan fingerprint density at radius 1 is 1.25 bits per heavy atom. The number of nitrogens with one attached hydrogen (secondary N) is 1. The van der Waals surface area contributed by atoms with Gasteiger partial charge in [0.05, 0.1) is 6.54 Å². The molecular weight excluding hydrogens is 250 g/mol. The summed E-state index contributed by atoms with van der Waals surface area (Å²) in [6.07, 6.45) is 4.09. The Morgan fingerprint density at radius 2 is 2.00 bits per heavy atom. The monoisotopic (exact) mass is 281 g/mol. The lowest BCUT2D eigenvalue weighted by molar-refractivity contribution is 0.268. The first-order valence-corrected chi connectivity index (χ1v) is 7.78. The fraction of sp³-hybridized carbons (Fsp3) is 0.867. The van der Waals surface area contributed by atoms with Crippen LogP contribution in [0.25, 0.3) is 0 Å². The molecule has 116 valence electrons. The van der Waals surface area contributed by atoms with Crippen molar-refractivity contribution in [1.29, 1.82) is 0 Å². The van der Waals surface area contributed by atoms with Gasteiger partial charge in [0.2, 0.25) is 0 Å². The van der Waals surface area contributed by atoms with E-state index in [1.807, 2.05) is 4.68 Å². The van der Waals surface area contributed by atoms with Crippen molar-refractivity contribution in [3.05, 3.63) is 12.2 Å².